The third-order valence-corrected chi connectivity index (χ3v) is 6.38. The molecule has 43 heavy (non-hydrogen) atoms. The molecule has 0 heterocycles. The zero-order valence-corrected chi connectivity index (χ0v) is 25.7. The number of hydrogen-bond acceptors (Lipinski definition) is 16. The van der Waals surface area contributed by atoms with Gasteiger partial charge in [0.25, 0.3) is 0 Å². The molecule has 258 valence electrons. The second-order valence-corrected chi connectivity index (χ2v) is 10.1. The topological polar surface area (TPSA) is 197 Å². The van der Waals surface area contributed by atoms with Crippen LogP contribution in [0.5, 0.6) is 0 Å². The van der Waals surface area contributed by atoms with Crippen LogP contribution in [0.15, 0.2) is 12.5 Å². The largest absolute Gasteiger partial charge is 0.394 e. The van der Waals surface area contributed by atoms with E-state index in [4.69, 9.17) is 9.84 Å². The maximum absolute atomic E-state index is 9.85. The van der Waals surface area contributed by atoms with Crippen LogP contribution >= 0.6 is 0 Å². The molecule has 0 bridgehead atoms. The Hall–Kier alpha value is -1.22. The van der Waals surface area contributed by atoms with Gasteiger partial charge in [0.15, 0.2) is 0 Å². The average molecular weight is 634 g/mol. The first-order valence-corrected chi connectivity index (χ1v) is 15.2. The molecule has 0 aliphatic heterocycles. The molecule has 0 saturated heterocycles. The van der Waals surface area contributed by atoms with E-state index in [2.05, 4.69) is 52.0 Å². The summed E-state index contributed by atoms with van der Waals surface area (Å²) in [5.41, 5.74) is 0. The minimum atomic E-state index is -1.73. The summed E-state index contributed by atoms with van der Waals surface area (Å²) in [6.45, 7) is 2.36. The predicted octanol–water partition coefficient (Wildman–Crippen LogP) is 2.79. The molecule has 0 radical (unpaired) electrons. The number of aliphatic hydroxyl groups excluding tert-OH is 5. The van der Waals surface area contributed by atoms with E-state index in [1.54, 1.807) is 0 Å². The first-order valence-electron chi connectivity index (χ1n) is 15.2. The minimum absolute atomic E-state index is 0.0955. The Morgan fingerprint density at radius 1 is 0.581 bits per heavy atom. The Morgan fingerprint density at radius 2 is 1.07 bits per heavy atom. The van der Waals surface area contributed by atoms with E-state index in [1.165, 1.54) is 95.2 Å². The molecule has 4 atom stereocenters. The molecule has 0 aromatic rings. The number of hydrogen-bond donors (Lipinski definition) is 5. The molecule has 5 N–H and O–H groups in total. The van der Waals surface area contributed by atoms with Crippen molar-refractivity contribution in [3.63, 3.8) is 0 Å². The van der Waals surface area contributed by atoms with Crippen LogP contribution in [0.1, 0.15) is 96.8 Å². The van der Waals surface area contributed by atoms with Crippen LogP contribution in [0.4, 0.5) is 0 Å². The molecule has 16 heteroatoms. The van der Waals surface area contributed by atoms with Crippen molar-refractivity contribution in [2.45, 2.75) is 121 Å². The molecule has 16 nitrogen and oxygen atoms in total. The molecule has 0 aliphatic rings. The predicted molar refractivity (Wildman–Crippen MR) is 149 cm³/mol. The normalized spacial score (nSPS) is 14.7. The summed E-state index contributed by atoms with van der Waals surface area (Å²) in [6.07, 6.45) is 14.0. The molecule has 4 unspecified atom stereocenters. The lowest BCUT2D eigenvalue weighted by molar-refractivity contribution is -0.829. The second kappa shape index (κ2) is 32.2. The van der Waals surface area contributed by atoms with Crippen LogP contribution in [-0.2, 0) is 49.8 Å². The van der Waals surface area contributed by atoms with Gasteiger partial charge in [0.2, 0.25) is 0 Å². The van der Waals surface area contributed by atoms with Gasteiger partial charge in [-0.05, 0) is 21.5 Å². The van der Waals surface area contributed by atoms with Gasteiger partial charge in [-0.2, -0.15) is 0 Å². The van der Waals surface area contributed by atoms with E-state index in [0.717, 1.165) is 19.1 Å². The van der Waals surface area contributed by atoms with Gasteiger partial charge in [0, 0.05) is 46.6 Å². The summed E-state index contributed by atoms with van der Waals surface area (Å²) in [4.78, 5) is 10.4. The van der Waals surface area contributed by atoms with Gasteiger partial charge in [-0.15, -0.1) is 0 Å². The Labute approximate surface area is 254 Å². The molecule has 0 aromatic carbocycles. The van der Waals surface area contributed by atoms with Crippen LogP contribution in [-0.4, -0.2) is 94.9 Å². The minimum Gasteiger partial charge on any atom is -0.394 e. The van der Waals surface area contributed by atoms with Gasteiger partial charge in [-0.3, -0.25) is 0 Å². The van der Waals surface area contributed by atoms with E-state index in [1.807, 2.05) is 0 Å². The quantitative estimate of drug-likeness (QED) is 0.0300. The summed E-state index contributed by atoms with van der Waals surface area (Å²) >= 11 is 0. The summed E-state index contributed by atoms with van der Waals surface area (Å²) < 4.78 is 5.43. The summed E-state index contributed by atoms with van der Waals surface area (Å²) in [5.74, 6) is 0. The fraction of sp³-hybridized carbons (Fsp3) is 0.926. The highest BCUT2D eigenvalue weighted by Gasteiger charge is 2.30. The molecule has 0 fully saturated rings. The maximum atomic E-state index is 9.85. The van der Waals surface area contributed by atoms with Crippen LogP contribution in [0.25, 0.3) is 0 Å². The first kappa shape index (κ1) is 41.8. The molecule has 0 amide bonds. The van der Waals surface area contributed by atoms with Gasteiger partial charge in [-0.25, -0.2) is 4.89 Å². The lowest BCUT2D eigenvalue weighted by Gasteiger charge is -2.27. The number of likely N-dealkylation sites (N-methyl/N-ethyl adjacent to an activating group) is 1. The van der Waals surface area contributed by atoms with Crippen LogP contribution in [0.2, 0.25) is 0 Å². The number of rotatable bonds is 34. The molecule has 0 saturated carbocycles. The maximum Gasteiger partial charge on any atom is 0.148 e. The average Bonchev–Trinajstić information content (AvgIpc) is 3.01. The van der Waals surface area contributed by atoms with Crippen LogP contribution in [0.3, 0.4) is 0 Å². The molecule has 0 aliphatic carbocycles. The number of nitrogens with zero attached hydrogens (tertiary/aromatic N) is 1. The lowest BCUT2D eigenvalue weighted by atomic mass is 10.0. The number of ether oxygens (including phenoxy) is 1. The Balaban J connectivity index is 3.33. The fourth-order valence-electron chi connectivity index (χ4n) is 3.90. The Kier molecular flexibility index (Phi) is 31.3. The van der Waals surface area contributed by atoms with Gasteiger partial charge < -0.3 is 40.1 Å². The summed E-state index contributed by atoms with van der Waals surface area (Å²) in [5, 5.41) is 75.1. The molecule has 0 spiro atoms. The van der Waals surface area contributed by atoms with Crippen LogP contribution < -0.4 is 0 Å². The highest BCUT2D eigenvalue weighted by molar-refractivity contribution is 4.84. The zero-order chi connectivity index (χ0) is 31.8. The van der Waals surface area contributed by atoms with Crippen molar-refractivity contribution in [2.24, 2.45) is 0 Å². The van der Waals surface area contributed by atoms with Crippen molar-refractivity contribution >= 4 is 0 Å². The third-order valence-electron chi connectivity index (χ3n) is 6.38. The highest BCUT2D eigenvalue weighted by Crippen LogP contribution is 2.13. The fourth-order valence-corrected chi connectivity index (χ4v) is 3.90. The smallest absolute Gasteiger partial charge is 0.148 e. The van der Waals surface area contributed by atoms with Crippen molar-refractivity contribution in [2.75, 3.05) is 40.0 Å². The standard InChI is InChI=1S/C27H55NO15/c1-3-4-5-6-7-8-9-10-11-12-13-14-15-16-18-34-20-21-36-38-40-42-43-41-39-37-35-19-17-28(2)22-24(30)26(32)27(33)25(31)23-29/h17,19,24-27,29-33H,3-16,18,20-23H2,1-2H3/b19-17+. The van der Waals surface area contributed by atoms with Crippen molar-refractivity contribution in [3.8, 4) is 0 Å². The van der Waals surface area contributed by atoms with Crippen molar-refractivity contribution in [1.29, 1.82) is 0 Å². The van der Waals surface area contributed by atoms with E-state index >= 15 is 0 Å². The Bertz CT molecular complexity index is 593. The van der Waals surface area contributed by atoms with E-state index in [-0.39, 0.29) is 13.2 Å². The van der Waals surface area contributed by atoms with Gasteiger partial charge >= 0.3 is 0 Å². The second-order valence-electron chi connectivity index (χ2n) is 10.1. The van der Waals surface area contributed by atoms with Gasteiger partial charge in [-0.1, -0.05) is 90.4 Å². The van der Waals surface area contributed by atoms with E-state index in [9.17, 15) is 20.4 Å². The number of unbranched alkanes of at least 4 members (excludes halogenated alkanes) is 13. The summed E-state index contributed by atoms with van der Waals surface area (Å²) in [6, 6.07) is 0. The van der Waals surface area contributed by atoms with Crippen molar-refractivity contribution in [3.05, 3.63) is 12.5 Å². The lowest BCUT2D eigenvalue weighted by Crippen LogP contribution is -2.48. The Morgan fingerprint density at radius 3 is 1.63 bits per heavy atom. The molecular weight excluding hydrogens is 578 g/mol. The first-order chi connectivity index (χ1) is 20.9. The monoisotopic (exact) mass is 633 g/mol. The van der Waals surface area contributed by atoms with Crippen molar-refractivity contribution < 1.29 is 75.3 Å². The SMILES string of the molecule is CCCCCCCCCCCCCCCCOCCOOOOOOOOO/C=C/N(C)CC(O)C(O)C(O)C(O)CO. The summed E-state index contributed by atoms with van der Waals surface area (Å²) in [7, 11) is 1.49. The molecular formula is C27H55NO15. The molecule has 0 aromatic heterocycles. The number of aliphatic hydroxyl groups is 5. The van der Waals surface area contributed by atoms with Crippen molar-refractivity contribution in [1.82, 2.24) is 4.90 Å². The molecule has 0 rings (SSSR count). The van der Waals surface area contributed by atoms with Gasteiger partial charge in [0.05, 0.1) is 19.3 Å². The van der Waals surface area contributed by atoms with E-state index < -0.39 is 31.0 Å². The van der Waals surface area contributed by atoms with Crippen LogP contribution in [0, 0.1) is 0 Å². The zero-order valence-electron chi connectivity index (χ0n) is 25.7. The van der Waals surface area contributed by atoms with Gasteiger partial charge in [0.1, 0.15) is 31.2 Å². The van der Waals surface area contributed by atoms with E-state index in [0.29, 0.717) is 13.2 Å². The highest BCUT2D eigenvalue weighted by atomic mass is 17.9. The third kappa shape index (κ3) is 28.0.